The summed E-state index contributed by atoms with van der Waals surface area (Å²) >= 11 is 0. The van der Waals surface area contributed by atoms with Crippen LogP contribution >= 0.6 is 7.60 Å². The number of rotatable bonds is 17. The molecule has 0 aliphatic carbocycles. The second-order valence-electron chi connectivity index (χ2n) is 7.89. The van der Waals surface area contributed by atoms with Gasteiger partial charge in [-0.25, -0.2) is 0 Å². The molecule has 1 unspecified atom stereocenters. The first-order valence-electron chi connectivity index (χ1n) is 11.0. The predicted molar refractivity (Wildman–Crippen MR) is 117 cm³/mol. The maximum absolute atomic E-state index is 13.2. The molecule has 0 bridgehead atoms. The highest BCUT2D eigenvalue weighted by atomic mass is 31.2. The van der Waals surface area contributed by atoms with Gasteiger partial charge in [-0.3, -0.25) is 4.57 Å². The Bertz CT molecular complexity index is 502. The van der Waals surface area contributed by atoms with Crippen LogP contribution in [-0.4, -0.2) is 13.2 Å². The second kappa shape index (κ2) is 15.3. The summed E-state index contributed by atoms with van der Waals surface area (Å²) in [5.74, 6) is 0.326. The Hall–Kier alpha value is -0.630. The molecule has 0 amide bonds. The third-order valence-electron chi connectivity index (χ3n) is 4.66. The summed E-state index contributed by atoms with van der Waals surface area (Å²) in [4.78, 5) is 0. The largest absolute Gasteiger partial charge is 0.361 e. The van der Waals surface area contributed by atoms with E-state index in [0.29, 0.717) is 24.4 Å². The van der Waals surface area contributed by atoms with E-state index in [9.17, 15) is 4.57 Å². The highest BCUT2D eigenvalue weighted by Gasteiger charge is 2.27. The van der Waals surface area contributed by atoms with E-state index in [1.807, 2.05) is 30.3 Å². The Labute approximate surface area is 167 Å². The summed E-state index contributed by atoms with van der Waals surface area (Å²) in [6.45, 7) is 7.32. The van der Waals surface area contributed by atoms with Crippen molar-refractivity contribution in [3.8, 4) is 0 Å². The fourth-order valence-corrected chi connectivity index (χ4v) is 4.77. The van der Waals surface area contributed by atoms with E-state index in [-0.39, 0.29) is 0 Å². The Morgan fingerprint density at radius 1 is 0.778 bits per heavy atom. The molecule has 1 rings (SSSR count). The minimum absolute atomic E-state index is 0.326. The number of hydrogen-bond donors (Lipinski definition) is 0. The molecular formula is C23H41O3P. The van der Waals surface area contributed by atoms with Crippen molar-refractivity contribution in [2.24, 2.45) is 5.92 Å². The molecule has 0 saturated carbocycles. The van der Waals surface area contributed by atoms with Crippen LogP contribution in [0.3, 0.4) is 0 Å². The molecule has 3 nitrogen and oxygen atoms in total. The van der Waals surface area contributed by atoms with Gasteiger partial charge in [0.25, 0.3) is 0 Å². The molecule has 27 heavy (non-hydrogen) atoms. The summed E-state index contributed by atoms with van der Waals surface area (Å²) < 4.78 is 24.6. The minimum atomic E-state index is -3.21. The van der Waals surface area contributed by atoms with E-state index in [4.69, 9.17) is 9.05 Å². The average Bonchev–Trinajstić information content (AvgIpc) is 2.68. The fourth-order valence-electron chi connectivity index (χ4n) is 3.00. The zero-order chi connectivity index (χ0) is 19.8. The van der Waals surface area contributed by atoms with Gasteiger partial charge in [0.1, 0.15) is 0 Å². The number of hydrogen-bond acceptors (Lipinski definition) is 3. The summed E-state index contributed by atoms with van der Waals surface area (Å²) in [6, 6.07) is 9.35. The van der Waals surface area contributed by atoms with Gasteiger partial charge in [-0.1, -0.05) is 103 Å². The van der Waals surface area contributed by atoms with Gasteiger partial charge in [0.05, 0.1) is 18.5 Å². The Balaban J connectivity index is 2.18. The predicted octanol–water partition coefficient (Wildman–Crippen LogP) is 7.51. The van der Waals surface area contributed by atoms with E-state index in [0.717, 1.165) is 12.8 Å². The van der Waals surface area contributed by atoms with Crippen molar-refractivity contribution in [1.82, 2.24) is 0 Å². The van der Waals surface area contributed by atoms with Gasteiger partial charge in [0.2, 0.25) is 0 Å². The first-order valence-corrected chi connectivity index (χ1v) is 12.6. The minimum Gasteiger partial charge on any atom is -0.305 e. The van der Waals surface area contributed by atoms with Gasteiger partial charge in [0.15, 0.2) is 0 Å². The fraction of sp³-hybridized carbons (Fsp3) is 0.739. The molecule has 0 spiro atoms. The van der Waals surface area contributed by atoms with Crippen LogP contribution in [0.4, 0.5) is 0 Å². The molecule has 0 fully saturated rings. The summed E-state index contributed by atoms with van der Waals surface area (Å²) in [6.07, 6.45) is 14.2. The van der Waals surface area contributed by atoms with Crippen LogP contribution in [0.5, 0.6) is 0 Å². The summed E-state index contributed by atoms with van der Waals surface area (Å²) in [5, 5.41) is 0.661. The van der Waals surface area contributed by atoms with Crippen LogP contribution < -0.4 is 5.30 Å². The molecule has 4 heteroatoms. The molecule has 0 saturated heterocycles. The third-order valence-corrected chi connectivity index (χ3v) is 6.60. The van der Waals surface area contributed by atoms with Gasteiger partial charge in [-0.2, -0.15) is 0 Å². The van der Waals surface area contributed by atoms with Gasteiger partial charge in [-0.05, 0) is 24.5 Å². The monoisotopic (exact) mass is 396 g/mol. The van der Waals surface area contributed by atoms with E-state index < -0.39 is 7.60 Å². The molecule has 1 aromatic carbocycles. The molecule has 0 heterocycles. The lowest BCUT2D eigenvalue weighted by atomic mass is 10.1. The van der Waals surface area contributed by atoms with E-state index >= 15 is 0 Å². The smallest absolute Gasteiger partial charge is 0.305 e. The average molecular weight is 397 g/mol. The zero-order valence-electron chi connectivity index (χ0n) is 17.8. The maximum Gasteiger partial charge on any atom is 0.361 e. The number of benzene rings is 1. The molecule has 0 aliphatic rings. The van der Waals surface area contributed by atoms with Gasteiger partial charge in [0, 0.05) is 0 Å². The summed E-state index contributed by atoms with van der Waals surface area (Å²) in [5.41, 5.74) is 0. The molecule has 0 aliphatic heterocycles. The van der Waals surface area contributed by atoms with Crippen molar-refractivity contribution in [2.45, 2.75) is 91.4 Å². The highest BCUT2D eigenvalue weighted by Crippen LogP contribution is 2.47. The Kier molecular flexibility index (Phi) is 13.8. The van der Waals surface area contributed by atoms with Gasteiger partial charge >= 0.3 is 7.60 Å². The number of unbranched alkanes of at least 4 members (excludes halogenated alkanes) is 10. The quantitative estimate of drug-likeness (QED) is 0.202. The van der Waals surface area contributed by atoms with Crippen molar-refractivity contribution >= 4 is 12.9 Å². The SMILES string of the molecule is CCCCCCCCCCCCCOP(=O)(OCC(C)C)c1ccccc1. The van der Waals surface area contributed by atoms with Crippen LogP contribution in [0.2, 0.25) is 0 Å². The molecule has 156 valence electrons. The second-order valence-corrected chi connectivity index (χ2v) is 9.92. The van der Waals surface area contributed by atoms with Crippen LogP contribution in [-0.2, 0) is 13.6 Å². The van der Waals surface area contributed by atoms with Gasteiger partial charge < -0.3 is 9.05 Å². The van der Waals surface area contributed by atoms with Crippen molar-refractivity contribution in [1.29, 1.82) is 0 Å². The van der Waals surface area contributed by atoms with Crippen molar-refractivity contribution in [2.75, 3.05) is 13.2 Å². The highest BCUT2D eigenvalue weighted by molar-refractivity contribution is 7.62. The maximum atomic E-state index is 13.2. The third kappa shape index (κ3) is 11.7. The van der Waals surface area contributed by atoms with Crippen molar-refractivity contribution in [3.05, 3.63) is 30.3 Å². The molecular weight excluding hydrogens is 355 g/mol. The lowest BCUT2D eigenvalue weighted by molar-refractivity contribution is 0.192. The van der Waals surface area contributed by atoms with E-state index in [1.54, 1.807) is 0 Å². The lowest BCUT2D eigenvalue weighted by Gasteiger charge is -2.20. The van der Waals surface area contributed by atoms with Crippen LogP contribution in [0, 0.1) is 5.92 Å². The van der Waals surface area contributed by atoms with E-state index in [1.165, 1.54) is 57.8 Å². The standard InChI is InChI=1S/C23H41O3P/c1-4-5-6-7-8-9-10-11-12-13-17-20-25-27(24,26-21-22(2)3)23-18-15-14-16-19-23/h14-16,18-19,22H,4-13,17,20-21H2,1-3H3. The van der Waals surface area contributed by atoms with Crippen LogP contribution in [0.1, 0.15) is 91.4 Å². The first-order chi connectivity index (χ1) is 13.1. The van der Waals surface area contributed by atoms with Crippen molar-refractivity contribution in [3.63, 3.8) is 0 Å². The molecule has 1 aromatic rings. The van der Waals surface area contributed by atoms with Crippen LogP contribution in [0.15, 0.2) is 30.3 Å². The van der Waals surface area contributed by atoms with Crippen molar-refractivity contribution < 1.29 is 13.6 Å². The van der Waals surface area contributed by atoms with E-state index in [2.05, 4.69) is 20.8 Å². The normalized spacial score (nSPS) is 13.8. The lowest BCUT2D eigenvalue weighted by Crippen LogP contribution is -2.13. The Morgan fingerprint density at radius 3 is 1.81 bits per heavy atom. The Morgan fingerprint density at radius 2 is 1.30 bits per heavy atom. The topological polar surface area (TPSA) is 35.5 Å². The first kappa shape index (κ1) is 24.4. The van der Waals surface area contributed by atoms with Crippen LogP contribution in [0.25, 0.3) is 0 Å². The zero-order valence-corrected chi connectivity index (χ0v) is 18.7. The molecule has 0 N–H and O–H groups in total. The molecule has 0 aromatic heterocycles. The molecule has 1 atom stereocenters. The molecule has 0 radical (unpaired) electrons. The van der Waals surface area contributed by atoms with Gasteiger partial charge in [-0.15, -0.1) is 0 Å². The summed E-state index contributed by atoms with van der Waals surface area (Å²) in [7, 11) is -3.21.